The number of fused-ring (bicyclic) bond motifs is 3. The molecule has 0 fully saturated rings. The van der Waals surface area contributed by atoms with Gasteiger partial charge in [0.1, 0.15) is 11.9 Å². The van der Waals surface area contributed by atoms with Crippen molar-refractivity contribution in [2.75, 3.05) is 19.0 Å². The van der Waals surface area contributed by atoms with Gasteiger partial charge in [0, 0.05) is 19.1 Å². The summed E-state index contributed by atoms with van der Waals surface area (Å²) in [5.74, 6) is -0.513. The maximum atomic E-state index is 12.7. The van der Waals surface area contributed by atoms with Crippen molar-refractivity contribution in [1.29, 1.82) is 0 Å². The van der Waals surface area contributed by atoms with Gasteiger partial charge in [-0.2, -0.15) is 0 Å². The van der Waals surface area contributed by atoms with Crippen LogP contribution < -0.4 is 4.90 Å². The van der Waals surface area contributed by atoms with Gasteiger partial charge in [0.2, 0.25) is 0 Å². The molecule has 8 heteroatoms. The van der Waals surface area contributed by atoms with Crippen molar-refractivity contribution in [2.45, 2.75) is 32.9 Å². The van der Waals surface area contributed by atoms with Crippen LogP contribution in [0.4, 0.5) is 10.5 Å². The summed E-state index contributed by atoms with van der Waals surface area (Å²) in [7, 11) is 3.35. The second kappa shape index (κ2) is 6.32. The molecule has 2 amide bonds. The van der Waals surface area contributed by atoms with Gasteiger partial charge < -0.3 is 9.64 Å². The molecular weight excluding hydrogens is 356 g/mol. The molecule has 26 heavy (non-hydrogen) atoms. The van der Waals surface area contributed by atoms with Gasteiger partial charge >= 0.3 is 12.0 Å². The van der Waals surface area contributed by atoms with E-state index in [2.05, 4.69) is 4.98 Å². The lowest BCUT2D eigenvalue weighted by Crippen LogP contribution is -2.42. The predicted octanol–water partition coefficient (Wildman–Crippen LogP) is 3.48. The Kier molecular flexibility index (Phi) is 4.44. The summed E-state index contributed by atoms with van der Waals surface area (Å²) < 4.78 is 7.24. The molecule has 0 N–H and O–H groups in total. The van der Waals surface area contributed by atoms with Crippen LogP contribution in [0.2, 0.25) is 5.02 Å². The second-order valence-corrected chi connectivity index (χ2v) is 7.74. The second-order valence-electron chi connectivity index (χ2n) is 7.31. The van der Waals surface area contributed by atoms with E-state index in [9.17, 15) is 9.59 Å². The van der Waals surface area contributed by atoms with Crippen LogP contribution in [0.25, 0.3) is 5.69 Å². The monoisotopic (exact) mass is 376 g/mol. The highest BCUT2D eigenvalue weighted by Gasteiger charge is 2.33. The molecule has 1 aliphatic heterocycles. The van der Waals surface area contributed by atoms with Gasteiger partial charge in [-0.15, -0.1) is 0 Å². The highest BCUT2D eigenvalue weighted by molar-refractivity contribution is 6.31. The molecule has 0 aliphatic carbocycles. The number of amides is 2. The van der Waals surface area contributed by atoms with Crippen molar-refractivity contribution >= 4 is 29.3 Å². The first kappa shape index (κ1) is 18.3. The van der Waals surface area contributed by atoms with Crippen molar-refractivity contribution in [1.82, 2.24) is 14.5 Å². The first-order chi connectivity index (χ1) is 12.1. The van der Waals surface area contributed by atoms with E-state index in [-0.39, 0.29) is 18.3 Å². The molecule has 138 valence electrons. The summed E-state index contributed by atoms with van der Waals surface area (Å²) in [5, 5.41) is 0.524. The van der Waals surface area contributed by atoms with Crippen molar-refractivity contribution < 1.29 is 14.3 Å². The molecule has 0 spiro atoms. The van der Waals surface area contributed by atoms with Gasteiger partial charge in [-0.05, 0) is 39.0 Å². The van der Waals surface area contributed by atoms with Gasteiger partial charge in [0.25, 0.3) is 0 Å². The number of halogens is 1. The van der Waals surface area contributed by atoms with Gasteiger partial charge in [-0.1, -0.05) is 11.6 Å². The van der Waals surface area contributed by atoms with Crippen molar-refractivity contribution in [3.05, 3.63) is 40.9 Å². The Labute approximate surface area is 157 Å². The minimum atomic E-state index is -0.632. The molecule has 0 saturated heterocycles. The third-order valence-corrected chi connectivity index (χ3v) is 4.10. The summed E-state index contributed by atoms with van der Waals surface area (Å²) in [5.41, 5.74) is 1.57. The number of benzene rings is 1. The van der Waals surface area contributed by atoms with E-state index in [1.807, 2.05) is 0 Å². The Balaban J connectivity index is 2.11. The molecule has 1 aromatic carbocycles. The normalized spacial score (nSPS) is 13.1. The van der Waals surface area contributed by atoms with Crippen LogP contribution >= 0.6 is 11.6 Å². The summed E-state index contributed by atoms with van der Waals surface area (Å²) in [4.78, 5) is 32.5. The number of carbonyl (C=O) groups is 2. The van der Waals surface area contributed by atoms with E-state index in [1.165, 1.54) is 4.90 Å². The molecule has 3 rings (SSSR count). The zero-order valence-corrected chi connectivity index (χ0v) is 16.2. The molecule has 7 nitrogen and oxygen atoms in total. The third-order valence-electron chi connectivity index (χ3n) is 3.87. The largest absolute Gasteiger partial charge is 0.455 e. The number of hydrogen-bond acceptors (Lipinski definition) is 4. The summed E-state index contributed by atoms with van der Waals surface area (Å²) >= 11 is 6.13. The van der Waals surface area contributed by atoms with E-state index in [0.29, 0.717) is 16.4 Å². The number of anilines is 1. The zero-order chi connectivity index (χ0) is 19.2. The summed E-state index contributed by atoms with van der Waals surface area (Å²) in [6.45, 7) is 5.59. The quantitative estimate of drug-likeness (QED) is 0.714. The number of ether oxygens (including phenoxy) is 1. The average molecular weight is 377 g/mol. The van der Waals surface area contributed by atoms with Crippen molar-refractivity contribution in [3.8, 4) is 5.69 Å². The number of imidazole rings is 1. The van der Waals surface area contributed by atoms with E-state index < -0.39 is 11.6 Å². The van der Waals surface area contributed by atoms with E-state index in [0.717, 1.165) is 5.69 Å². The number of esters is 1. The molecule has 1 aliphatic rings. The minimum Gasteiger partial charge on any atom is -0.455 e. The molecular formula is C18H21ClN4O3. The number of urea groups is 1. The first-order valence-corrected chi connectivity index (χ1v) is 8.54. The van der Waals surface area contributed by atoms with Crippen LogP contribution in [0.15, 0.2) is 24.5 Å². The van der Waals surface area contributed by atoms with Crippen LogP contribution in [-0.4, -0.2) is 46.1 Å². The van der Waals surface area contributed by atoms with Crippen LogP contribution in [0, 0.1) is 0 Å². The van der Waals surface area contributed by atoms with Crippen LogP contribution in [0.3, 0.4) is 0 Å². The SMILES string of the molecule is CN(C)C(=O)N1Cc2c(C(=O)OC(C)(C)C)ncn2-c2ccc(Cl)cc21. The molecule has 2 aromatic rings. The maximum Gasteiger partial charge on any atom is 0.359 e. The highest BCUT2D eigenvalue weighted by atomic mass is 35.5. The number of hydrogen-bond donors (Lipinski definition) is 0. The topological polar surface area (TPSA) is 67.7 Å². The van der Waals surface area contributed by atoms with Gasteiger partial charge in [-0.3, -0.25) is 9.47 Å². The summed E-state index contributed by atoms with van der Waals surface area (Å²) in [6, 6.07) is 5.06. The standard InChI is InChI=1S/C18H21ClN4O3/c1-18(2,3)26-16(24)15-14-9-22(17(25)21(4)5)13-8-11(19)6-7-12(13)23(14)10-20-15/h6-8,10H,9H2,1-5H3. The number of carbonyl (C=O) groups excluding carboxylic acids is 2. The van der Waals surface area contributed by atoms with Crippen LogP contribution in [-0.2, 0) is 11.3 Å². The molecule has 0 radical (unpaired) electrons. The molecule has 2 heterocycles. The molecule has 1 aromatic heterocycles. The number of nitrogens with zero attached hydrogens (tertiary/aromatic N) is 4. The van der Waals surface area contributed by atoms with Gasteiger partial charge in [0.15, 0.2) is 5.69 Å². The Morgan fingerprint density at radius 2 is 1.92 bits per heavy atom. The zero-order valence-electron chi connectivity index (χ0n) is 15.4. The fraction of sp³-hybridized carbons (Fsp3) is 0.389. The Hall–Kier alpha value is -2.54. The molecule has 0 unspecified atom stereocenters. The number of aromatic nitrogens is 2. The fourth-order valence-electron chi connectivity index (χ4n) is 2.79. The van der Waals surface area contributed by atoms with E-state index in [1.54, 1.807) is 68.9 Å². The Morgan fingerprint density at radius 1 is 1.23 bits per heavy atom. The van der Waals surface area contributed by atoms with Crippen LogP contribution in [0.5, 0.6) is 0 Å². The smallest absolute Gasteiger partial charge is 0.359 e. The lowest BCUT2D eigenvalue weighted by molar-refractivity contribution is 0.00619. The number of rotatable bonds is 1. The van der Waals surface area contributed by atoms with Crippen molar-refractivity contribution in [2.24, 2.45) is 0 Å². The fourth-order valence-corrected chi connectivity index (χ4v) is 2.96. The van der Waals surface area contributed by atoms with E-state index in [4.69, 9.17) is 16.3 Å². The lowest BCUT2D eigenvalue weighted by Gasteiger charge is -2.32. The lowest BCUT2D eigenvalue weighted by atomic mass is 10.1. The Morgan fingerprint density at radius 3 is 2.54 bits per heavy atom. The highest BCUT2D eigenvalue weighted by Crippen LogP contribution is 2.36. The van der Waals surface area contributed by atoms with Crippen LogP contribution in [0.1, 0.15) is 37.0 Å². The minimum absolute atomic E-state index is 0.193. The Bertz CT molecular complexity index is 883. The summed E-state index contributed by atoms with van der Waals surface area (Å²) in [6.07, 6.45) is 1.57. The first-order valence-electron chi connectivity index (χ1n) is 8.17. The third kappa shape index (κ3) is 3.26. The van der Waals surface area contributed by atoms with Gasteiger partial charge in [-0.25, -0.2) is 14.6 Å². The van der Waals surface area contributed by atoms with Gasteiger partial charge in [0.05, 0.1) is 23.6 Å². The molecule has 0 atom stereocenters. The molecule has 0 saturated carbocycles. The maximum absolute atomic E-state index is 12.7. The average Bonchev–Trinajstić information content (AvgIpc) is 2.95. The molecule has 0 bridgehead atoms. The predicted molar refractivity (Wildman–Crippen MR) is 99.0 cm³/mol. The van der Waals surface area contributed by atoms with E-state index >= 15 is 0 Å². The van der Waals surface area contributed by atoms with Crippen molar-refractivity contribution in [3.63, 3.8) is 0 Å².